The average Bonchev–Trinajstić information content (AvgIpc) is 2.25. The molecule has 0 bridgehead atoms. The zero-order valence-electron chi connectivity index (χ0n) is 9.68. The molecule has 15 heavy (non-hydrogen) atoms. The highest BCUT2D eigenvalue weighted by atomic mass is 16.5. The van der Waals surface area contributed by atoms with Crippen molar-refractivity contribution in [3.8, 4) is 0 Å². The SMILES string of the molecule is C[C@@H]1CN(C)[C@H](c2ccccc2)O[C@@H]1C. The molecule has 1 heterocycles. The second-order valence-electron chi connectivity index (χ2n) is 4.52. The maximum atomic E-state index is 6.02. The number of ether oxygens (including phenoxy) is 1. The van der Waals surface area contributed by atoms with Crippen molar-refractivity contribution < 1.29 is 4.74 Å². The summed E-state index contributed by atoms with van der Waals surface area (Å²) in [6.45, 7) is 5.50. The first kappa shape index (κ1) is 10.7. The maximum Gasteiger partial charge on any atom is 0.136 e. The molecule has 1 fully saturated rings. The molecule has 1 aromatic carbocycles. The predicted molar refractivity (Wildman–Crippen MR) is 61.5 cm³/mol. The maximum absolute atomic E-state index is 6.02. The number of benzene rings is 1. The quantitative estimate of drug-likeness (QED) is 0.699. The fraction of sp³-hybridized carbons (Fsp3) is 0.538. The average molecular weight is 205 g/mol. The molecule has 2 heteroatoms. The molecule has 0 aliphatic carbocycles. The molecule has 0 N–H and O–H groups in total. The van der Waals surface area contributed by atoms with Gasteiger partial charge in [0.25, 0.3) is 0 Å². The van der Waals surface area contributed by atoms with Gasteiger partial charge in [0.1, 0.15) is 6.23 Å². The van der Waals surface area contributed by atoms with Crippen LogP contribution in [0, 0.1) is 5.92 Å². The van der Waals surface area contributed by atoms with E-state index in [0.29, 0.717) is 12.0 Å². The minimum Gasteiger partial charge on any atom is -0.356 e. The summed E-state index contributed by atoms with van der Waals surface area (Å²) in [4.78, 5) is 2.28. The van der Waals surface area contributed by atoms with Crippen molar-refractivity contribution in [3.05, 3.63) is 35.9 Å². The van der Waals surface area contributed by atoms with Crippen LogP contribution in [-0.4, -0.2) is 24.6 Å². The Morgan fingerprint density at radius 1 is 1.20 bits per heavy atom. The van der Waals surface area contributed by atoms with Gasteiger partial charge in [-0.15, -0.1) is 0 Å². The molecule has 2 rings (SSSR count). The van der Waals surface area contributed by atoms with Crippen LogP contribution >= 0.6 is 0 Å². The Kier molecular flexibility index (Phi) is 3.08. The molecule has 0 spiro atoms. The first-order valence-corrected chi connectivity index (χ1v) is 5.59. The summed E-state index contributed by atoms with van der Waals surface area (Å²) in [5, 5.41) is 0. The Morgan fingerprint density at radius 3 is 2.53 bits per heavy atom. The summed E-state index contributed by atoms with van der Waals surface area (Å²) >= 11 is 0. The van der Waals surface area contributed by atoms with Crippen LogP contribution in [0.4, 0.5) is 0 Å². The standard InChI is InChI=1S/C13H19NO/c1-10-9-14(3)13(15-11(10)2)12-7-5-4-6-8-12/h4-8,10-11,13H,9H2,1-3H3/t10-,11-,13+/m1/s1. The number of rotatable bonds is 1. The van der Waals surface area contributed by atoms with Gasteiger partial charge in [0.05, 0.1) is 6.10 Å². The third-order valence-corrected chi connectivity index (χ3v) is 3.21. The Bertz CT molecular complexity index is 312. The summed E-state index contributed by atoms with van der Waals surface area (Å²) in [5.74, 6) is 0.606. The summed E-state index contributed by atoms with van der Waals surface area (Å²) in [6.07, 6.45) is 0.462. The molecule has 1 aliphatic heterocycles. The van der Waals surface area contributed by atoms with Crippen LogP contribution in [0.15, 0.2) is 30.3 Å². The fourth-order valence-electron chi connectivity index (χ4n) is 2.09. The van der Waals surface area contributed by atoms with Crippen molar-refractivity contribution >= 4 is 0 Å². The van der Waals surface area contributed by atoms with Crippen LogP contribution in [-0.2, 0) is 4.74 Å². The molecule has 3 atom stereocenters. The van der Waals surface area contributed by atoms with Crippen molar-refractivity contribution in [3.63, 3.8) is 0 Å². The number of hydrogen-bond donors (Lipinski definition) is 0. The van der Waals surface area contributed by atoms with Gasteiger partial charge in [-0.1, -0.05) is 37.3 Å². The fourth-order valence-corrected chi connectivity index (χ4v) is 2.09. The van der Waals surface area contributed by atoms with Crippen molar-refractivity contribution in [1.29, 1.82) is 0 Å². The van der Waals surface area contributed by atoms with Gasteiger partial charge in [0.15, 0.2) is 0 Å². The molecule has 0 aromatic heterocycles. The number of nitrogens with zero attached hydrogens (tertiary/aromatic N) is 1. The molecule has 1 saturated heterocycles. The van der Waals surface area contributed by atoms with Crippen LogP contribution in [0.3, 0.4) is 0 Å². The van der Waals surface area contributed by atoms with Crippen molar-refractivity contribution in [2.75, 3.05) is 13.6 Å². The topological polar surface area (TPSA) is 12.5 Å². The van der Waals surface area contributed by atoms with Gasteiger partial charge in [0, 0.05) is 6.54 Å². The molecule has 82 valence electrons. The predicted octanol–water partition coefficient (Wildman–Crippen LogP) is 2.67. The zero-order chi connectivity index (χ0) is 10.8. The van der Waals surface area contributed by atoms with E-state index in [1.165, 1.54) is 5.56 Å². The smallest absolute Gasteiger partial charge is 0.136 e. The van der Waals surface area contributed by atoms with E-state index < -0.39 is 0 Å². The molecule has 1 aromatic rings. The van der Waals surface area contributed by atoms with Crippen LogP contribution in [0.1, 0.15) is 25.6 Å². The third-order valence-electron chi connectivity index (χ3n) is 3.21. The van der Waals surface area contributed by atoms with Gasteiger partial charge >= 0.3 is 0 Å². The number of hydrogen-bond acceptors (Lipinski definition) is 2. The van der Waals surface area contributed by atoms with Gasteiger partial charge < -0.3 is 4.74 Å². The van der Waals surface area contributed by atoms with Crippen LogP contribution in [0.2, 0.25) is 0 Å². The Labute approximate surface area is 91.9 Å². The van der Waals surface area contributed by atoms with Gasteiger partial charge in [0.2, 0.25) is 0 Å². The second-order valence-corrected chi connectivity index (χ2v) is 4.52. The van der Waals surface area contributed by atoms with Crippen LogP contribution in [0.5, 0.6) is 0 Å². The van der Waals surface area contributed by atoms with Gasteiger partial charge in [-0.3, -0.25) is 4.90 Å². The van der Waals surface area contributed by atoms with Crippen molar-refractivity contribution in [2.24, 2.45) is 5.92 Å². The molecule has 0 unspecified atom stereocenters. The minimum absolute atomic E-state index is 0.123. The van der Waals surface area contributed by atoms with E-state index >= 15 is 0 Å². The lowest BCUT2D eigenvalue weighted by atomic mass is 10.0. The monoisotopic (exact) mass is 205 g/mol. The Morgan fingerprint density at radius 2 is 1.87 bits per heavy atom. The van der Waals surface area contributed by atoms with Crippen molar-refractivity contribution in [1.82, 2.24) is 4.90 Å². The molecule has 0 radical (unpaired) electrons. The largest absolute Gasteiger partial charge is 0.356 e. The molecule has 0 amide bonds. The molecule has 0 saturated carbocycles. The molecular weight excluding hydrogens is 186 g/mol. The van der Waals surface area contributed by atoms with Crippen LogP contribution in [0.25, 0.3) is 0 Å². The van der Waals surface area contributed by atoms with E-state index in [4.69, 9.17) is 4.74 Å². The van der Waals surface area contributed by atoms with E-state index in [9.17, 15) is 0 Å². The lowest BCUT2D eigenvalue weighted by Gasteiger charge is -2.40. The van der Waals surface area contributed by atoms with E-state index in [1.807, 2.05) is 6.07 Å². The van der Waals surface area contributed by atoms with E-state index in [2.05, 4.69) is 50.1 Å². The van der Waals surface area contributed by atoms with Crippen LogP contribution < -0.4 is 0 Å². The Balaban J connectivity index is 2.16. The van der Waals surface area contributed by atoms with Gasteiger partial charge in [-0.25, -0.2) is 0 Å². The molecule has 1 aliphatic rings. The molecular formula is C13H19NO. The second kappa shape index (κ2) is 4.33. The minimum atomic E-state index is 0.123. The highest BCUT2D eigenvalue weighted by molar-refractivity contribution is 5.17. The van der Waals surface area contributed by atoms with E-state index in [1.54, 1.807) is 0 Å². The highest BCUT2D eigenvalue weighted by Crippen LogP contribution is 2.29. The summed E-state index contributed by atoms with van der Waals surface area (Å²) in [5.41, 5.74) is 1.25. The summed E-state index contributed by atoms with van der Waals surface area (Å²) in [6, 6.07) is 10.4. The van der Waals surface area contributed by atoms with E-state index in [0.717, 1.165) is 6.54 Å². The Hall–Kier alpha value is -0.860. The first-order valence-electron chi connectivity index (χ1n) is 5.59. The summed E-state index contributed by atoms with van der Waals surface area (Å²) in [7, 11) is 2.13. The lowest BCUT2D eigenvalue weighted by molar-refractivity contribution is -0.150. The lowest BCUT2D eigenvalue weighted by Crippen LogP contribution is -2.42. The summed E-state index contributed by atoms with van der Waals surface area (Å²) < 4.78 is 6.02. The van der Waals surface area contributed by atoms with Gasteiger partial charge in [-0.05, 0) is 25.5 Å². The third kappa shape index (κ3) is 2.21. The first-order chi connectivity index (χ1) is 7.18. The molecule has 2 nitrogen and oxygen atoms in total. The van der Waals surface area contributed by atoms with Gasteiger partial charge in [-0.2, -0.15) is 0 Å². The normalized spacial score (nSPS) is 32.9. The van der Waals surface area contributed by atoms with E-state index in [-0.39, 0.29) is 6.23 Å². The zero-order valence-corrected chi connectivity index (χ0v) is 9.68. The van der Waals surface area contributed by atoms with Crippen molar-refractivity contribution in [2.45, 2.75) is 26.2 Å². The highest BCUT2D eigenvalue weighted by Gasteiger charge is 2.29.